The van der Waals surface area contributed by atoms with E-state index in [1.54, 1.807) is 6.08 Å². The van der Waals surface area contributed by atoms with Crippen molar-refractivity contribution in [2.45, 2.75) is 25.7 Å². The van der Waals surface area contributed by atoms with Crippen LogP contribution in [0.4, 0.5) is 0 Å². The van der Waals surface area contributed by atoms with Gasteiger partial charge in [0, 0.05) is 12.7 Å². The van der Waals surface area contributed by atoms with Crippen molar-refractivity contribution >= 4 is 22.8 Å². The molecule has 2 aromatic rings. The predicted octanol–water partition coefficient (Wildman–Crippen LogP) is 3.96. The summed E-state index contributed by atoms with van der Waals surface area (Å²) in [4.78, 5) is 11.1. The van der Waals surface area contributed by atoms with Gasteiger partial charge < -0.3 is 14.6 Å². The molecule has 0 atom stereocenters. The molecule has 4 heteroatoms. The number of methoxy groups -OCH3 is 1. The molecule has 2 aromatic carbocycles. The number of carbonyl (C=O) groups excluding carboxylic acids is 1. The monoisotopic (exact) mass is 328 g/mol. The number of hydrogen-bond donors (Lipinski definition) is 1. The Morgan fingerprint density at radius 2 is 1.79 bits per heavy atom. The first kappa shape index (κ1) is 18.0. The fourth-order valence-electron chi connectivity index (χ4n) is 2.43. The highest BCUT2D eigenvalue weighted by Gasteiger charge is 2.00. The van der Waals surface area contributed by atoms with Crippen molar-refractivity contribution in [2.24, 2.45) is 0 Å². The van der Waals surface area contributed by atoms with Crippen molar-refractivity contribution < 1.29 is 19.4 Å². The maximum absolute atomic E-state index is 11.1. The number of fused-ring (bicyclic) bond motifs is 1. The molecular weight excluding hydrogens is 304 g/mol. The van der Waals surface area contributed by atoms with E-state index in [0.717, 1.165) is 47.8 Å². The standard InChI is InChI=1S/C20H24O4/c1-23-20(22)11-7-16-6-8-18-15-19(10-9-17(18)14-16)24-13-5-3-2-4-12-21/h6-11,14-15,21H,2-5,12-13H2,1H3. The van der Waals surface area contributed by atoms with E-state index in [1.165, 1.54) is 13.2 Å². The van der Waals surface area contributed by atoms with Crippen LogP contribution in [-0.4, -0.2) is 31.4 Å². The highest BCUT2D eigenvalue weighted by atomic mass is 16.5. The number of benzene rings is 2. The van der Waals surface area contributed by atoms with Gasteiger partial charge in [-0.3, -0.25) is 0 Å². The lowest BCUT2D eigenvalue weighted by atomic mass is 10.1. The van der Waals surface area contributed by atoms with Crippen LogP contribution in [0.15, 0.2) is 42.5 Å². The van der Waals surface area contributed by atoms with Gasteiger partial charge in [0.05, 0.1) is 13.7 Å². The molecular formula is C20H24O4. The van der Waals surface area contributed by atoms with E-state index in [2.05, 4.69) is 4.74 Å². The molecule has 0 bridgehead atoms. The number of ether oxygens (including phenoxy) is 2. The first-order valence-electron chi connectivity index (χ1n) is 8.26. The molecule has 4 nitrogen and oxygen atoms in total. The zero-order valence-corrected chi connectivity index (χ0v) is 14.0. The van der Waals surface area contributed by atoms with Crippen molar-refractivity contribution in [1.82, 2.24) is 0 Å². The van der Waals surface area contributed by atoms with Crippen molar-refractivity contribution in [3.63, 3.8) is 0 Å². The Morgan fingerprint density at radius 3 is 2.58 bits per heavy atom. The fraction of sp³-hybridized carbons (Fsp3) is 0.350. The molecule has 0 aliphatic rings. The average molecular weight is 328 g/mol. The zero-order chi connectivity index (χ0) is 17.2. The lowest BCUT2D eigenvalue weighted by Gasteiger charge is -2.08. The molecule has 128 valence electrons. The third-order valence-electron chi connectivity index (χ3n) is 3.77. The lowest BCUT2D eigenvalue weighted by Crippen LogP contribution is -1.97. The number of rotatable bonds is 9. The summed E-state index contributed by atoms with van der Waals surface area (Å²) in [5, 5.41) is 10.9. The number of aliphatic hydroxyl groups is 1. The predicted molar refractivity (Wildman–Crippen MR) is 96.0 cm³/mol. The Bertz CT molecular complexity index is 691. The largest absolute Gasteiger partial charge is 0.494 e. The molecule has 0 heterocycles. The first-order chi connectivity index (χ1) is 11.7. The second-order valence-electron chi connectivity index (χ2n) is 5.61. The minimum absolute atomic E-state index is 0.266. The van der Waals surface area contributed by atoms with Gasteiger partial charge in [-0.15, -0.1) is 0 Å². The maximum Gasteiger partial charge on any atom is 0.330 e. The van der Waals surface area contributed by atoms with Gasteiger partial charge in [0.2, 0.25) is 0 Å². The van der Waals surface area contributed by atoms with Crippen LogP contribution in [0.5, 0.6) is 5.75 Å². The van der Waals surface area contributed by atoms with Gasteiger partial charge >= 0.3 is 5.97 Å². The Balaban J connectivity index is 1.94. The summed E-state index contributed by atoms with van der Waals surface area (Å²) >= 11 is 0. The van der Waals surface area contributed by atoms with Crippen LogP contribution in [0.2, 0.25) is 0 Å². The van der Waals surface area contributed by atoms with Gasteiger partial charge in [0.25, 0.3) is 0 Å². The van der Waals surface area contributed by atoms with Gasteiger partial charge in [0.15, 0.2) is 0 Å². The van der Waals surface area contributed by atoms with Gasteiger partial charge in [-0.1, -0.05) is 24.6 Å². The Hall–Kier alpha value is -2.33. The molecule has 0 radical (unpaired) electrons. The van der Waals surface area contributed by atoms with Gasteiger partial charge in [0.1, 0.15) is 5.75 Å². The second-order valence-corrected chi connectivity index (χ2v) is 5.61. The summed E-state index contributed by atoms with van der Waals surface area (Å²) in [7, 11) is 1.36. The molecule has 0 fully saturated rings. The van der Waals surface area contributed by atoms with Crippen LogP contribution in [0.1, 0.15) is 31.2 Å². The second kappa shape index (κ2) is 9.73. The van der Waals surface area contributed by atoms with Crippen molar-refractivity contribution in [1.29, 1.82) is 0 Å². The fourth-order valence-corrected chi connectivity index (χ4v) is 2.43. The average Bonchev–Trinajstić information content (AvgIpc) is 2.62. The Kier molecular flexibility index (Phi) is 7.30. The van der Waals surface area contributed by atoms with Crippen LogP contribution in [0.3, 0.4) is 0 Å². The summed E-state index contributed by atoms with van der Waals surface area (Å²) < 4.78 is 10.4. The summed E-state index contributed by atoms with van der Waals surface area (Å²) in [5.41, 5.74) is 0.949. The molecule has 0 aromatic heterocycles. The number of unbranched alkanes of at least 4 members (excludes halogenated alkanes) is 3. The molecule has 2 rings (SSSR count). The number of aliphatic hydroxyl groups excluding tert-OH is 1. The minimum Gasteiger partial charge on any atom is -0.494 e. The van der Waals surface area contributed by atoms with Crippen molar-refractivity contribution in [3.05, 3.63) is 48.0 Å². The molecule has 24 heavy (non-hydrogen) atoms. The normalized spacial score (nSPS) is 11.1. The van der Waals surface area contributed by atoms with Crippen LogP contribution in [0.25, 0.3) is 16.8 Å². The molecule has 0 aliphatic carbocycles. The summed E-state index contributed by atoms with van der Waals surface area (Å²) in [6.07, 6.45) is 7.12. The number of hydrogen-bond acceptors (Lipinski definition) is 4. The molecule has 1 N–H and O–H groups in total. The molecule has 0 unspecified atom stereocenters. The highest BCUT2D eigenvalue weighted by Crippen LogP contribution is 2.23. The summed E-state index contributed by atoms with van der Waals surface area (Å²) in [6, 6.07) is 12.0. The first-order valence-corrected chi connectivity index (χ1v) is 8.26. The highest BCUT2D eigenvalue weighted by molar-refractivity contribution is 5.90. The molecule has 0 saturated carbocycles. The number of carbonyl (C=O) groups is 1. The summed E-state index contributed by atoms with van der Waals surface area (Å²) in [5.74, 6) is 0.500. The van der Waals surface area contributed by atoms with Gasteiger partial charge in [-0.05, 0) is 59.9 Å². The SMILES string of the molecule is COC(=O)C=Cc1ccc2cc(OCCCCCCO)ccc2c1. The minimum atomic E-state index is -0.363. The molecule has 0 amide bonds. The van der Waals surface area contributed by atoms with Crippen molar-refractivity contribution in [2.75, 3.05) is 20.3 Å². The van der Waals surface area contributed by atoms with Crippen LogP contribution < -0.4 is 4.74 Å². The number of esters is 1. The molecule has 0 aliphatic heterocycles. The Morgan fingerprint density at radius 1 is 1.04 bits per heavy atom. The van der Waals surface area contributed by atoms with E-state index in [0.29, 0.717) is 6.61 Å². The quantitative estimate of drug-likeness (QED) is 0.430. The molecule has 0 spiro atoms. The van der Waals surface area contributed by atoms with Gasteiger partial charge in [-0.2, -0.15) is 0 Å². The van der Waals surface area contributed by atoms with E-state index >= 15 is 0 Å². The van der Waals surface area contributed by atoms with E-state index in [4.69, 9.17) is 9.84 Å². The van der Waals surface area contributed by atoms with Crippen molar-refractivity contribution in [3.8, 4) is 5.75 Å². The van der Waals surface area contributed by atoms with E-state index < -0.39 is 0 Å². The van der Waals surface area contributed by atoms with Crippen LogP contribution in [0, 0.1) is 0 Å². The maximum atomic E-state index is 11.1. The topological polar surface area (TPSA) is 55.8 Å². The molecule has 0 saturated heterocycles. The lowest BCUT2D eigenvalue weighted by molar-refractivity contribution is -0.134. The zero-order valence-electron chi connectivity index (χ0n) is 14.0. The third kappa shape index (κ3) is 5.70. The summed E-state index contributed by atoms with van der Waals surface area (Å²) in [6.45, 7) is 0.958. The Labute approximate surface area is 142 Å². The van der Waals surface area contributed by atoms with E-state index in [1.807, 2.05) is 36.4 Å². The third-order valence-corrected chi connectivity index (χ3v) is 3.77. The van der Waals surface area contributed by atoms with E-state index in [-0.39, 0.29) is 12.6 Å². The van der Waals surface area contributed by atoms with Crippen LogP contribution >= 0.6 is 0 Å². The van der Waals surface area contributed by atoms with Gasteiger partial charge in [-0.25, -0.2) is 4.79 Å². The smallest absolute Gasteiger partial charge is 0.330 e. The van der Waals surface area contributed by atoms with E-state index in [9.17, 15) is 4.79 Å². The van der Waals surface area contributed by atoms with Crippen LogP contribution in [-0.2, 0) is 9.53 Å².